The fourth-order valence-corrected chi connectivity index (χ4v) is 3.59. The molecule has 3 unspecified atom stereocenters. The number of rotatable bonds is 6. The van der Waals surface area contributed by atoms with Crippen LogP contribution in [0.4, 0.5) is 0 Å². The highest BCUT2D eigenvalue weighted by molar-refractivity contribution is 5.01. The summed E-state index contributed by atoms with van der Waals surface area (Å²) >= 11 is 0. The van der Waals surface area contributed by atoms with Crippen molar-refractivity contribution in [3.8, 4) is 0 Å². The lowest BCUT2D eigenvalue weighted by Gasteiger charge is -2.51. The molecule has 1 rings (SSSR count). The average molecular weight is 256 g/mol. The lowest BCUT2D eigenvalue weighted by Crippen LogP contribution is -2.64. The molecule has 0 radical (unpaired) electrons. The van der Waals surface area contributed by atoms with Gasteiger partial charge in [0.1, 0.15) is 0 Å². The summed E-state index contributed by atoms with van der Waals surface area (Å²) in [6.45, 7) is 7.59. The summed E-state index contributed by atoms with van der Waals surface area (Å²) in [5, 5.41) is 0. The highest BCUT2D eigenvalue weighted by atomic mass is 16.5. The average Bonchev–Trinajstić information content (AvgIpc) is 2.36. The summed E-state index contributed by atoms with van der Waals surface area (Å²) < 4.78 is 5.75. The normalized spacial score (nSPS) is 31.0. The van der Waals surface area contributed by atoms with Crippen molar-refractivity contribution in [3.05, 3.63) is 0 Å². The molecule has 0 aromatic heterocycles. The van der Waals surface area contributed by atoms with Crippen LogP contribution in [-0.2, 0) is 4.74 Å². The molecule has 0 spiro atoms. The second-order valence-corrected chi connectivity index (χ2v) is 6.37. The predicted molar refractivity (Wildman–Crippen MR) is 77.7 cm³/mol. The second-order valence-electron chi connectivity index (χ2n) is 6.37. The number of nitrogens with zero attached hydrogens (tertiary/aromatic N) is 1. The first kappa shape index (κ1) is 15.9. The Kier molecular flexibility index (Phi) is 6.09. The third-order valence-corrected chi connectivity index (χ3v) is 4.74. The van der Waals surface area contributed by atoms with E-state index in [1.807, 2.05) is 7.11 Å². The van der Waals surface area contributed by atoms with Gasteiger partial charge in [0.2, 0.25) is 0 Å². The van der Waals surface area contributed by atoms with Crippen LogP contribution in [0.3, 0.4) is 0 Å². The maximum Gasteiger partial charge on any atom is 0.0767 e. The number of ether oxygens (including phenoxy) is 1. The molecule has 1 aliphatic rings. The van der Waals surface area contributed by atoms with E-state index >= 15 is 0 Å². The summed E-state index contributed by atoms with van der Waals surface area (Å²) in [5.74, 6) is 0.724. The molecule has 1 aliphatic carbocycles. The Morgan fingerprint density at radius 3 is 2.50 bits per heavy atom. The zero-order chi connectivity index (χ0) is 13.8. The smallest absolute Gasteiger partial charge is 0.0767 e. The lowest BCUT2D eigenvalue weighted by molar-refractivity contribution is -0.0804. The van der Waals surface area contributed by atoms with Crippen LogP contribution in [0.1, 0.15) is 52.9 Å². The van der Waals surface area contributed by atoms with E-state index in [9.17, 15) is 0 Å². The molecule has 1 saturated carbocycles. The minimum absolute atomic E-state index is 0.0430. The molecule has 3 heteroatoms. The van der Waals surface area contributed by atoms with Gasteiger partial charge in [0.25, 0.3) is 0 Å². The van der Waals surface area contributed by atoms with E-state index in [1.54, 1.807) is 0 Å². The molecule has 3 atom stereocenters. The molecule has 0 saturated heterocycles. The van der Waals surface area contributed by atoms with E-state index in [-0.39, 0.29) is 11.6 Å². The fourth-order valence-electron chi connectivity index (χ4n) is 3.59. The minimum Gasteiger partial charge on any atom is -0.379 e. The van der Waals surface area contributed by atoms with Crippen molar-refractivity contribution >= 4 is 0 Å². The first-order chi connectivity index (χ1) is 8.47. The Balaban J connectivity index is 2.83. The first-order valence-corrected chi connectivity index (χ1v) is 7.43. The van der Waals surface area contributed by atoms with Crippen LogP contribution in [-0.4, -0.2) is 43.3 Å². The number of hydrogen-bond donors (Lipinski definition) is 1. The van der Waals surface area contributed by atoms with E-state index in [2.05, 4.69) is 32.7 Å². The van der Waals surface area contributed by atoms with Gasteiger partial charge in [-0.25, -0.2) is 0 Å². The number of methoxy groups -OCH3 is 1. The van der Waals surface area contributed by atoms with E-state index < -0.39 is 0 Å². The summed E-state index contributed by atoms with van der Waals surface area (Å²) in [7, 11) is 4.07. The Morgan fingerprint density at radius 2 is 2.00 bits per heavy atom. The highest BCUT2D eigenvalue weighted by Gasteiger charge is 2.44. The van der Waals surface area contributed by atoms with Gasteiger partial charge in [-0.2, -0.15) is 0 Å². The molecule has 0 bridgehead atoms. The molecule has 3 nitrogen and oxygen atoms in total. The zero-order valence-electron chi connectivity index (χ0n) is 12.9. The van der Waals surface area contributed by atoms with Gasteiger partial charge in [0.15, 0.2) is 0 Å². The minimum atomic E-state index is 0.0430. The highest BCUT2D eigenvalue weighted by Crippen LogP contribution is 2.36. The van der Waals surface area contributed by atoms with Gasteiger partial charge < -0.3 is 10.5 Å². The number of nitrogens with two attached hydrogens (primary N) is 1. The molecule has 18 heavy (non-hydrogen) atoms. The summed E-state index contributed by atoms with van der Waals surface area (Å²) in [6, 6.07) is 0.560. The van der Waals surface area contributed by atoms with Gasteiger partial charge in [-0.3, -0.25) is 4.90 Å². The number of hydrogen-bond acceptors (Lipinski definition) is 3. The first-order valence-electron chi connectivity index (χ1n) is 7.43. The van der Waals surface area contributed by atoms with Crippen molar-refractivity contribution < 1.29 is 4.74 Å². The van der Waals surface area contributed by atoms with Gasteiger partial charge >= 0.3 is 0 Å². The van der Waals surface area contributed by atoms with Crippen LogP contribution < -0.4 is 5.73 Å². The molecule has 1 fully saturated rings. The molecular weight excluding hydrogens is 224 g/mol. The van der Waals surface area contributed by atoms with Crippen LogP contribution in [0, 0.1) is 5.92 Å². The van der Waals surface area contributed by atoms with Gasteiger partial charge in [-0.15, -0.1) is 0 Å². The van der Waals surface area contributed by atoms with E-state index in [0.29, 0.717) is 12.6 Å². The summed E-state index contributed by atoms with van der Waals surface area (Å²) in [6.07, 6.45) is 6.36. The molecule has 2 N–H and O–H groups in total. The van der Waals surface area contributed by atoms with Crippen molar-refractivity contribution in [2.24, 2.45) is 11.7 Å². The largest absolute Gasteiger partial charge is 0.379 e. The molecule has 0 aliphatic heterocycles. The maximum atomic E-state index is 6.15. The Morgan fingerprint density at radius 1 is 1.33 bits per heavy atom. The Labute approximate surface area is 113 Å². The second kappa shape index (κ2) is 6.88. The van der Waals surface area contributed by atoms with Gasteiger partial charge in [-0.1, -0.05) is 26.7 Å². The van der Waals surface area contributed by atoms with Crippen molar-refractivity contribution in [3.63, 3.8) is 0 Å². The van der Waals surface area contributed by atoms with Gasteiger partial charge in [-0.05, 0) is 39.2 Å². The van der Waals surface area contributed by atoms with Gasteiger partial charge in [0, 0.05) is 19.7 Å². The summed E-state index contributed by atoms with van der Waals surface area (Å²) in [4.78, 5) is 2.50. The van der Waals surface area contributed by atoms with Crippen LogP contribution >= 0.6 is 0 Å². The molecule has 0 aromatic carbocycles. The van der Waals surface area contributed by atoms with Crippen molar-refractivity contribution in [2.75, 3.05) is 20.7 Å². The van der Waals surface area contributed by atoms with Crippen molar-refractivity contribution in [2.45, 2.75) is 70.6 Å². The Bertz CT molecular complexity index is 245. The van der Waals surface area contributed by atoms with E-state index in [0.717, 1.165) is 12.3 Å². The van der Waals surface area contributed by atoms with Gasteiger partial charge in [0.05, 0.1) is 11.6 Å². The number of likely N-dealkylation sites (N-methyl/N-ethyl adjacent to an activating group) is 1. The monoisotopic (exact) mass is 256 g/mol. The zero-order valence-corrected chi connectivity index (χ0v) is 12.9. The molecule has 0 heterocycles. The fraction of sp³-hybridized carbons (Fsp3) is 1.00. The Hall–Kier alpha value is -0.120. The molecule has 0 amide bonds. The topological polar surface area (TPSA) is 38.5 Å². The standard InChI is InChI=1S/C15H32N2O/c1-12(2)10-13(3)17(4)15(11-16)9-7-6-8-14(15)18-5/h12-14H,6-11,16H2,1-5H3. The maximum absolute atomic E-state index is 6.15. The van der Waals surface area contributed by atoms with Crippen molar-refractivity contribution in [1.82, 2.24) is 4.90 Å². The van der Waals surface area contributed by atoms with E-state index in [4.69, 9.17) is 10.5 Å². The third kappa shape index (κ3) is 3.25. The molecule has 0 aromatic rings. The SMILES string of the molecule is COC1CCCCC1(CN)N(C)C(C)CC(C)C. The van der Waals surface area contributed by atoms with Crippen LogP contribution in [0.5, 0.6) is 0 Å². The van der Waals surface area contributed by atoms with Crippen molar-refractivity contribution in [1.29, 1.82) is 0 Å². The lowest BCUT2D eigenvalue weighted by atomic mass is 9.76. The van der Waals surface area contributed by atoms with E-state index in [1.165, 1.54) is 25.7 Å². The molecule has 108 valence electrons. The van der Waals surface area contributed by atoms with Crippen LogP contribution in [0.2, 0.25) is 0 Å². The van der Waals surface area contributed by atoms with Crippen LogP contribution in [0.15, 0.2) is 0 Å². The third-order valence-electron chi connectivity index (χ3n) is 4.74. The predicted octanol–water partition coefficient (Wildman–Crippen LogP) is 2.64. The van der Waals surface area contributed by atoms with Crippen LogP contribution in [0.25, 0.3) is 0 Å². The quantitative estimate of drug-likeness (QED) is 0.794. The summed E-state index contributed by atoms with van der Waals surface area (Å²) in [5.41, 5.74) is 6.20. The molecular formula is C15H32N2O.